The Morgan fingerprint density at radius 2 is 2.08 bits per heavy atom. The molecular weight excluding hydrogens is 183 g/mol. The summed E-state index contributed by atoms with van der Waals surface area (Å²) < 4.78 is 15.8. The molecule has 0 amide bonds. The van der Waals surface area contributed by atoms with Crippen LogP contribution in [0.25, 0.3) is 6.08 Å². The van der Waals surface area contributed by atoms with E-state index in [9.17, 15) is 4.57 Å². The molecule has 1 aromatic rings. The average Bonchev–Trinajstić information content (AvgIpc) is 2.19. The Balaban J connectivity index is 2.69. The van der Waals surface area contributed by atoms with Crippen LogP contribution in [-0.2, 0) is 15.3 Å². The predicted octanol–water partition coefficient (Wildman–Crippen LogP) is 2.95. The molecule has 0 saturated carbocycles. The van der Waals surface area contributed by atoms with Gasteiger partial charge < -0.3 is 4.52 Å². The molecule has 1 rings (SSSR count). The fraction of sp³-hybridized carbons (Fsp3) is 0.200. The highest BCUT2D eigenvalue weighted by atomic mass is 31.1. The van der Waals surface area contributed by atoms with E-state index in [2.05, 4.69) is 6.58 Å². The van der Waals surface area contributed by atoms with Crippen LogP contribution in [0.1, 0.15) is 11.1 Å². The van der Waals surface area contributed by atoms with Crippen molar-refractivity contribution < 1.29 is 9.09 Å². The predicted molar refractivity (Wildman–Crippen MR) is 56.2 cm³/mol. The molecule has 0 aromatic heterocycles. The molecule has 13 heavy (non-hydrogen) atoms. The molecule has 0 N–H and O–H groups in total. The first-order chi connectivity index (χ1) is 6.26. The molecule has 0 heterocycles. The van der Waals surface area contributed by atoms with Gasteiger partial charge in [-0.1, -0.05) is 36.9 Å². The molecule has 70 valence electrons. The van der Waals surface area contributed by atoms with E-state index in [4.69, 9.17) is 4.52 Å². The van der Waals surface area contributed by atoms with Gasteiger partial charge in [0, 0.05) is 13.3 Å². The highest BCUT2D eigenvalue weighted by Gasteiger charge is 1.98. The Morgan fingerprint density at radius 3 is 2.54 bits per heavy atom. The number of hydrogen-bond donors (Lipinski definition) is 0. The minimum atomic E-state index is -1.88. The van der Waals surface area contributed by atoms with Gasteiger partial charge in [-0.15, -0.1) is 0 Å². The summed E-state index contributed by atoms with van der Waals surface area (Å²) in [5.74, 6) is 0. The second-order valence-corrected chi connectivity index (χ2v) is 4.20. The monoisotopic (exact) mass is 196 g/mol. The van der Waals surface area contributed by atoms with E-state index in [1.54, 1.807) is 6.08 Å². The number of rotatable bonds is 4. The standard InChI is InChI=1S/C10H13O2P/c1-3-9-4-6-10(7-5-9)8-13(11)12-2/h3-7,13H,1,8H2,2H3. The molecule has 0 spiro atoms. The van der Waals surface area contributed by atoms with Gasteiger partial charge in [-0.2, -0.15) is 0 Å². The maximum atomic E-state index is 11.1. The van der Waals surface area contributed by atoms with Gasteiger partial charge in [0.05, 0.1) is 0 Å². The number of hydrogen-bond acceptors (Lipinski definition) is 2. The molecule has 0 radical (unpaired) electrons. The molecule has 0 aliphatic carbocycles. The largest absolute Gasteiger partial charge is 0.334 e. The molecule has 2 nitrogen and oxygen atoms in total. The Morgan fingerprint density at radius 1 is 1.46 bits per heavy atom. The lowest BCUT2D eigenvalue weighted by Gasteiger charge is -2.00. The fourth-order valence-corrected chi connectivity index (χ4v) is 1.72. The van der Waals surface area contributed by atoms with Gasteiger partial charge >= 0.3 is 0 Å². The molecule has 1 unspecified atom stereocenters. The van der Waals surface area contributed by atoms with Gasteiger partial charge in [0.25, 0.3) is 0 Å². The molecule has 0 fully saturated rings. The van der Waals surface area contributed by atoms with Crippen LogP contribution >= 0.6 is 8.03 Å². The summed E-state index contributed by atoms with van der Waals surface area (Å²) in [7, 11) is -0.405. The van der Waals surface area contributed by atoms with E-state index < -0.39 is 8.03 Å². The lowest BCUT2D eigenvalue weighted by atomic mass is 10.1. The van der Waals surface area contributed by atoms with Crippen molar-refractivity contribution in [3.63, 3.8) is 0 Å². The van der Waals surface area contributed by atoms with E-state index in [-0.39, 0.29) is 0 Å². The van der Waals surface area contributed by atoms with Gasteiger partial charge in [-0.05, 0) is 11.1 Å². The van der Waals surface area contributed by atoms with Gasteiger partial charge in [-0.3, -0.25) is 4.57 Å². The minimum absolute atomic E-state index is 0.512. The molecule has 1 atom stereocenters. The third-order valence-electron chi connectivity index (χ3n) is 1.79. The minimum Gasteiger partial charge on any atom is -0.334 e. The van der Waals surface area contributed by atoms with E-state index in [1.807, 2.05) is 24.3 Å². The second-order valence-electron chi connectivity index (χ2n) is 2.70. The zero-order chi connectivity index (χ0) is 9.68. The van der Waals surface area contributed by atoms with Crippen molar-refractivity contribution in [1.82, 2.24) is 0 Å². The summed E-state index contributed by atoms with van der Waals surface area (Å²) >= 11 is 0. The Bertz CT molecular complexity index is 303. The Kier molecular flexibility index (Phi) is 3.94. The van der Waals surface area contributed by atoms with Gasteiger partial charge in [0.15, 0.2) is 8.03 Å². The van der Waals surface area contributed by atoms with Crippen LogP contribution < -0.4 is 0 Å². The third-order valence-corrected chi connectivity index (χ3v) is 2.94. The van der Waals surface area contributed by atoms with Crippen molar-refractivity contribution in [3.05, 3.63) is 42.0 Å². The first-order valence-electron chi connectivity index (χ1n) is 4.04. The maximum Gasteiger partial charge on any atom is 0.195 e. The Hall–Kier alpha value is -0.850. The summed E-state index contributed by atoms with van der Waals surface area (Å²) in [4.78, 5) is 0. The molecule has 0 bridgehead atoms. The quantitative estimate of drug-likeness (QED) is 0.692. The van der Waals surface area contributed by atoms with Gasteiger partial charge in [0.1, 0.15) is 0 Å². The van der Waals surface area contributed by atoms with Crippen LogP contribution in [0, 0.1) is 0 Å². The van der Waals surface area contributed by atoms with Crippen molar-refractivity contribution in [3.8, 4) is 0 Å². The molecule has 1 aromatic carbocycles. The van der Waals surface area contributed by atoms with Crippen LogP contribution in [0.2, 0.25) is 0 Å². The smallest absolute Gasteiger partial charge is 0.195 e. The fourth-order valence-electron chi connectivity index (χ4n) is 1.01. The highest BCUT2D eigenvalue weighted by molar-refractivity contribution is 7.38. The van der Waals surface area contributed by atoms with Crippen molar-refractivity contribution in [2.45, 2.75) is 6.16 Å². The summed E-state index contributed by atoms with van der Waals surface area (Å²) in [6.45, 7) is 3.66. The summed E-state index contributed by atoms with van der Waals surface area (Å²) in [5, 5.41) is 0. The van der Waals surface area contributed by atoms with Crippen molar-refractivity contribution in [2.75, 3.05) is 7.11 Å². The summed E-state index contributed by atoms with van der Waals surface area (Å²) in [6, 6.07) is 7.79. The van der Waals surface area contributed by atoms with Crippen molar-refractivity contribution in [1.29, 1.82) is 0 Å². The molecule has 0 saturated heterocycles. The molecule has 0 aliphatic rings. The number of benzene rings is 1. The second kappa shape index (κ2) is 5.00. The van der Waals surface area contributed by atoms with Crippen LogP contribution in [0.3, 0.4) is 0 Å². The van der Waals surface area contributed by atoms with Crippen LogP contribution in [0.4, 0.5) is 0 Å². The third kappa shape index (κ3) is 3.17. The molecular formula is C10H13O2P. The lowest BCUT2D eigenvalue weighted by Crippen LogP contribution is -1.81. The van der Waals surface area contributed by atoms with Crippen LogP contribution in [-0.4, -0.2) is 7.11 Å². The first-order valence-corrected chi connectivity index (χ1v) is 5.57. The molecule has 3 heteroatoms. The zero-order valence-corrected chi connectivity index (χ0v) is 8.62. The van der Waals surface area contributed by atoms with E-state index in [1.165, 1.54) is 7.11 Å². The normalized spacial score (nSPS) is 12.4. The average molecular weight is 196 g/mol. The van der Waals surface area contributed by atoms with Crippen LogP contribution in [0.5, 0.6) is 0 Å². The highest BCUT2D eigenvalue weighted by Crippen LogP contribution is 2.26. The summed E-state index contributed by atoms with van der Waals surface area (Å²) in [5.41, 5.74) is 2.11. The van der Waals surface area contributed by atoms with Gasteiger partial charge in [0.2, 0.25) is 0 Å². The topological polar surface area (TPSA) is 26.3 Å². The SMILES string of the molecule is C=Cc1ccc(C[PH](=O)OC)cc1. The van der Waals surface area contributed by atoms with Crippen molar-refractivity contribution in [2.24, 2.45) is 0 Å². The first kappa shape index (κ1) is 10.2. The van der Waals surface area contributed by atoms with Gasteiger partial charge in [-0.25, -0.2) is 0 Å². The van der Waals surface area contributed by atoms with E-state index in [0.717, 1.165) is 11.1 Å². The molecule has 0 aliphatic heterocycles. The Labute approximate surface area is 79.1 Å². The maximum absolute atomic E-state index is 11.1. The van der Waals surface area contributed by atoms with E-state index >= 15 is 0 Å². The summed E-state index contributed by atoms with van der Waals surface area (Å²) in [6.07, 6.45) is 2.29. The lowest BCUT2D eigenvalue weighted by molar-refractivity contribution is 0.414. The van der Waals surface area contributed by atoms with Crippen molar-refractivity contribution >= 4 is 14.1 Å². The van der Waals surface area contributed by atoms with Crippen LogP contribution in [0.15, 0.2) is 30.8 Å². The van der Waals surface area contributed by atoms with E-state index in [0.29, 0.717) is 6.16 Å². The zero-order valence-electron chi connectivity index (χ0n) is 7.62.